The van der Waals surface area contributed by atoms with Crippen LogP contribution in [0.4, 0.5) is 0 Å². The molecule has 0 spiro atoms. The molecule has 25 heavy (non-hydrogen) atoms. The Morgan fingerprint density at radius 2 is 1.92 bits per heavy atom. The molecule has 0 heterocycles. The molecule has 1 amide bonds. The summed E-state index contributed by atoms with van der Waals surface area (Å²) in [7, 11) is 0. The number of hydrogen-bond donors (Lipinski definition) is 2. The molecule has 0 aliphatic carbocycles. The van der Waals surface area contributed by atoms with Gasteiger partial charge >= 0.3 is 0 Å². The van der Waals surface area contributed by atoms with Gasteiger partial charge in [0.15, 0.2) is 0 Å². The molecule has 3 rings (SSSR count). The van der Waals surface area contributed by atoms with E-state index < -0.39 is 0 Å². The van der Waals surface area contributed by atoms with Gasteiger partial charge in [0.1, 0.15) is 12.4 Å². The zero-order valence-electron chi connectivity index (χ0n) is 13.4. The number of hydrogen-bond acceptors (Lipinski definition) is 3. The van der Waals surface area contributed by atoms with E-state index in [0.717, 1.165) is 16.5 Å². The number of benzene rings is 3. The van der Waals surface area contributed by atoms with E-state index in [1.807, 2.05) is 35.8 Å². The molecule has 126 valence electrons. The van der Waals surface area contributed by atoms with E-state index in [9.17, 15) is 4.79 Å². The first-order valence-corrected chi connectivity index (χ1v) is 8.13. The van der Waals surface area contributed by atoms with Gasteiger partial charge in [0.2, 0.25) is 0 Å². The van der Waals surface area contributed by atoms with E-state index in [4.69, 9.17) is 22.2 Å². The van der Waals surface area contributed by atoms with Crippen LogP contribution in [0.3, 0.4) is 0 Å². The second kappa shape index (κ2) is 7.83. The average molecular weight is 353 g/mol. The summed E-state index contributed by atoms with van der Waals surface area (Å²) in [6, 6.07) is 19.6. The number of nitrogens with two attached hydrogens (primary N) is 1. The Bertz CT molecular complexity index is 933. The molecule has 0 atom stereocenters. The topological polar surface area (TPSA) is 64.3 Å². The molecule has 5 heteroatoms. The van der Waals surface area contributed by atoms with Crippen molar-refractivity contribution in [2.45, 2.75) is 6.61 Å². The van der Waals surface area contributed by atoms with Gasteiger partial charge in [-0.05, 0) is 40.1 Å². The molecule has 0 radical (unpaired) electrons. The van der Waals surface area contributed by atoms with Gasteiger partial charge < -0.3 is 4.74 Å². The summed E-state index contributed by atoms with van der Waals surface area (Å²) >= 11 is 6.28. The predicted octanol–water partition coefficient (Wildman–Crippen LogP) is 4.08. The van der Waals surface area contributed by atoms with Crippen LogP contribution < -0.4 is 16.0 Å². The Morgan fingerprint density at radius 3 is 2.72 bits per heavy atom. The fourth-order valence-corrected chi connectivity index (χ4v) is 2.78. The maximum absolute atomic E-state index is 11.1. The van der Waals surface area contributed by atoms with Gasteiger partial charge in [-0.2, -0.15) is 0 Å². The Labute approximate surface area is 150 Å². The first kappa shape index (κ1) is 17.0. The molecule has 3 aromatic carbocycles. The number of nitrogens with one attached hydrogen (secondary N) is 1. The van der Waals surface area contributed by atoms with Crippen LogP contribution in [0.5, 0.6) is 5.75 Å². The minimum atomic E-state index is -0.382. The number of carbonyl (C=O) groups is 1. The Morgan fingerprint density at radius 1 is 1.12 bits per heavy atom. The molecule has 0 aliphatic heterocycles. The van der Waals surface area contributed by atoms with Gasteiger partial charge in [0.25, 0.3) is 5.91 Å². The third-order valence-electron chi connectivity index (χ3n) is 3.79. The van der Waals surface area contributed by atoms with Crippen molar-refractivity contribution in [1.29, 1.82) is 0 Å². The second-order valence-electron chi connectivity index (χ2n) is 5.46. The van der Waals surface area contributed by atoms with Gasteiger partial charge in [-0.3, -0.25) is 10.2 Å². The summed E-state index contributed by atoms with van der Waals surface area (Å²) in [5, 5.41) is 2.82. The van der Waals surface area contributed by atoms with Crippen LogP contribution in [0.25, 0.3) is 16.8 Å². The number of ether oxygens (including phenoxy) is 1. The molecule has 0 bridgehead atoms. The van der Waals surface area contributed by atoms with Crippen LogP contribution in [0, 0.1) is 0 Å². The van der Waals surface area contributed by atoms with E-state index in [2.05, 4.69) is 18.2 Å². The van der Waals surface area contributed by atoms with E-state index in [1.54, 1.807) is 18.2 Å². The lowest BCUT2D eigenvalue weighted by atomic mass is 10.1. The smallest absolute Gasteiger partial charge is 0.257 e. The van der Waals surface area contributed by atoms with Gasteiger partial charge in [0, 0.05) is 6.08 Å². The fraction of sp³-hybridized carbons (Fsp3) is 0.0500. The number of carbonyl (C=O) groups excluding carboxylic acids is 1. The number of halogens is 1. The second-order valence-corrected chi connectivity index (χ2v) is 5.87. The summed E-state index contributed by atoms with van der Waals surface area (Å²) in [4.78, 5) is 11.1. The predicted molar refractivity (Wildman–Crippen MR) is 101 cm³/mol. The highest BCUT2D eigenvalue weighted by Crippen LogP contribution is 2.28. The highest BCUT2D eigenvalue weighted by atomic mass is 35.5. The zero-order valence-corrected chi connectivity index (χ0v) is 14.2. The van der Waals surface area contributed by atoms with Gasteiger partial charge in [-0.15, -0.1) is 0 Å². The van der Waals surface area contributed by atoms with E-state index in [-0.39, 0.29) is 5.91 Å². The number of hydrazine groups is 1. The minimum absolute atomic E-state index is 0.382. The van der Waals surface area contributed by atoms with Crippen molar-refractivity contribution >= 4 is 34.4 Å². The van der Waals surface area contributed by atoms with Crippen LogP contribution in [-0.4, -0.2) is 5.91 Å². The number of fused-ring (bicyclic) bond motifs is 1. The highest BCUT2D eigenvalue weighted by molar-refractivity contribution is 6.32. The molecule has 0 fully saturated rings. The van der Waals surface area contributed by atoms with Crippen LogP contribution in [0.1, 0.15) is 11.1 Å². The third kappa shape index (κ3) is 4.18. The molecule has 4 nitrogen and oxygen atoms in total. The summed E-state index contributed by atoms with van der Waals surface area (Å²) in [6.07, 6.45) is 2.96. The maximum atomic E-state index is 11.1. The van der Waals surface area contributed by atoms with Crippen molar-refractivity contribution in [2.24, 2.45) is 5.84 Å². The van der Waals surface area contributed by atoms with Crippen LogP contribution >= 0.6 is 11.6 Å². The number of amides is 1. The minimum Gasteiger partial charge on any atom is -0.487 e. The Hall–Kier alpha value is -2.82. The van der Waals surface area contributed by atoms with E-state index in [0.29, 0.717) is 17.4 Å². The first-order valence-electron chi connectivity index (χ1n) is 7.75. The quantitative estimate of drug-likeness (QED) is 0.315. The summed E-state index contributed by atoms with van der Waals surface area (Å²) in [5.41, 5.74) is 3.91. The van der Waals surface area contributed by atoms with Crippen molar-refractivity contribution in [2.75, 3.05) is 0 Å². The molecule has 0 aliphatic rings. The van der Waals surface area contributed by atoms with Crippen molar-refractivity contribution in [3.05, 3.63) is 82.9 Å². The SMILES string of the molecule is NNC(=O)/C=C/c1ccc(OCc2cccc3ccccc23)c(Cl)c1. The highest BCUT2D eigenvalue weighted by Gasteiger charge is 2.05. The van der Waals surface area contributed by atoms with Gasteiger partial charge in [-0.1, -0.05) is 60.1 Å². The van der Waals surface area contributed by atoms with Crippen molar-refractivity contribution in [3.8, 4) is 5.75 Å². The standard InChI is InChI=1S/C20H17ClN2O2/c21-18-12-14(9-11-20(24)23-22)8-10-19(18)25-13-16-6-3-5-15-4-1-2-7-17(15)16/h1-12H,13,22H2,(H,23,24)/b11-9+. The van der Waals surface area contributed by atoms with Crippen molar-refractivity contribution in [1.82, 2.24) is 5.43 Å². The lowest BCUT2D eigenvalue weighted by molar-refractivity contribution is -0.116. The van der Waals surface area contributed by atoms with Gasteiger partial charge in [-0.25, -0.2) is 5.84 Å². The molecular weight excluding hydrogens is 336 g/mol. The van der Waals surface area contributed by atoms with E-state index in [1.165, 1.54) is 11.5 Å². The molecule has 3 N–H and O–H groups in total. The van der Waals surface area contributed by atoms with Crippen molar-refractivity contribution in [3.63, 3.8) is 0 Å². The molecule has 0 saturated carbocycles. The largest absolute Gasteiger partial charge is 0.487 e. The van der Waals surface area contributed by atoms with Crippen LogP contribution in [-0.2, 0) is 11.4 Å². The first-order chi connectivity index (χ1) is 12.2. The van der Waals surface area contributed by atoms with Crippen LogP contribution in [0.15, 0.2) is 66.7 Å². The number of rotatable bonds is 5. The third-order valence-corrected chi connectivity index (χ3v) is 4.08. The fourth-order valence-electron chi connectivity index (χ4n) is 2.53. The lowest BCUT2D eigenvalue weighted by Gasteiger charge is -2.11. The summed E-state index contributed by atoms with van der Waals surface area (Å²) < 4.78 is 5.88. The molecule has 0 aromatic heterocycles. The maximum Gasteiger partial charge on any atom is 0.257 e. The lowest BCUT2D eigenvalue weighted by Crippen LogP contribution is -2.27. The molecule has 3 aromatic rings. The summed E-state index contributed by atoms with van der Waals surface area (Å²) in [6.45, 7) is 0.422. The van der Waals surface area contributed by atoms with E-state index >= 15 is 0 Å². The van der Waals surface area contributed by atoms with Crippen LogP contribution in [0.2, 0.25) is 5.02 Å². The van der Waals surface area contributed by atoms with Gasteiger partial charge in [0.05, 0.1) is 5.02 Å². The summed E-state index contributed by atoms with van der Waals surface area (Å²) in [5.74, 6) is 5.24. The Kier molecular flexibility index (Phi) is 5.33. The monoisotopic (exact) mass is 352 g/mol. The average Bonchev–Trinajstić information content (AvgIpc) is 2.65. The Balaban J connectivity index is 1.75. The zero-order chi connectivity index (χ0) is 17.6. The molecule has 0 saturated heterocycles. The molecular formula is C20H17ClN2O2. The molecule has 0 unspecified atom stereocenters. The normalized spacial score (nSPS) is 11.0. The van der Waals surface area contributed by atoms with Crippen molar-refractivity contribution < 1.29 is 9.53 Å².